The van der Waals surface area contributed by atoms with E-state index in [1.54, 1.807) is 11.8 Å². The fourth-order valence-corrected chi connectivity index (χ4v) is 4.11. The summed E-state index contributed by atoms with van der Waals surface area (Å²) in [5, 5.41) is 12.4. The van der Waals surface area contributed by atoms with Gasteiger partial charge in [-0.25, -0.2) is 0 Å². The zero-order chi connectivity index (χ0) is 20.8. The van der Waals surface area contributed by atoms with Gasteiger partial charge in [-0.15, -0.1) is 22.0 Å². The van der Waals surface area contributed by atoms with Crippen LogP contribution in [0.2, 0.25) is 0 Å². The fraction of sp³-hybridized carbons (Fsp3) is 0.0870. The van der Waals surface area contributed by atoms with Gasteiger partial charge in [0.1, 0.15) is 0 Å². The Labute approximate surface area is 183 Å². The highest BCUT2D eigenvalue weighted by atomic mass is 32.2. The molecule has 1 aromatic heterocycles. The van der Waals surface area contributed by atoms with E-state index in [-0.39, 0.29) is 11.7 Å². The van der Waals surface area contributed by atoms with Crippen LogP contribution in [0.3, 0.4) is 0 Å². The van der Waals surface area contributed by atoms with Crippen molar-refractivity contribution in [1.29, 1.82) is 0 Å². The molecule has 7 heteroatoms. The first-order valence-corrected chi connectivity index (χ1v) is 11.6. The van der Waals surface area contributed by atoms with Gasteiger partial charge in [-0.2, -0.15) is 0 Å². The molecular formula is C23H20N4OS2. The zero-order valence-electron chi connectivity index (χ0n) is 16.4. The lowest BCUT2D eigenvalue weighted by molar-refractivity contribution is -0.113. The van der Waals surface area contributed by atoms with Crippen LogP contribution in [0.4, 0.5) is 5.69 Å². The second kappa shape index (κ2) is 9.65. The highest BCUT2D eigenvalue weighted by molar-refractivity contribution is 7.99. The average Bonchev–Trinajstić information content (AvgIpc) is 3.23. The molecule has 0 bridgehead atoms. The van der Waals surface area contributed by atoms with Crippen molar-refractivity contribution in [2.75, 3.05) is 17.3 Å². The molecule has 0 aliphatic carbocycles. The van der Waals surface area contributed by atoms with Crippen molar-refractivity contribution in [2.45, 2.75) is 10.1 Å². The molecule has 0 saturated heterocycles. The van der Waals surface area contributed by atoms with E-state index in [4.69, 9.17) is 0 Å². The largest absolute Gasteiger partial charge is 0.325 e. The first-order chi connectivity index (χ1) is 14.7. The second-order valence-corrected chi connectivity index (χ2v) is 8.23. The van der Waals surface area contributed by atoms with Gasteiger partial charge in [0, 0.05) is 21.8 Å². The SMILES string of the molecule is CSc1ccc(NC(=O)CSc2nnc(-c3ccccc3)n2-c2ccccc2)cc1. The molecule has 0 radical (unpaired) electrons. The van der Waals surface area contributed by atoms with Gasteiger partial charge in [-0.1, -0.05) is 60.3 Å². The van der Waals surface area contributed by atoms with Crippen LogP contribution in [-0.4, -0.2) is 32.7 Å². The second-order valence-electron chi connectivity index (χ2n) is 6.41. The fourth-order valence-electron chi connectivity index (χ4n) is 2.95. The van der Waals surface area contributed by atoms with Gasteiger partial charge >= 0.3 is 0 Å². The van der Waals surface area contributed by atoms with Crippen molar-refractivity contribution in [3.8, 4) is 17.1 Å². The number of carbonyl (C=O) groups is 1. The molecule has 0 fully saturated rings. The normalized spacial score (nSPS) is 10.7. The van der Waals surface area contributed by atoms with Crippen molar-refractivity contribution >= 4 is 35.1 Å². The summed E-state index contributed by atoms with van der Waals surface area (Å²) in [6, 6.07) is 27.7. The summed E-state index contributed by atoms with van der Waals surface area (Å²) < 4.78 is 1.99. The van der Waals surface area contributed by atoms with Crippen LogP contribution in [0.1, 0.15) is 0 Å². The predicted octanol–water partition coefficient (Wildman–Crippen LogP) is 5.39. The van der Waals surface area contributed by atoms with Gasteiger partial charge in [0.25, 0.3) is 0 Å². The highest BCUT2D eigenvalue weighted by Crippen LogP contribution is 2.28. The lowest BCUT2D eigenvalue weighted by Crippen LogP contribution is -2.14. The summed E-state index contributed by atoms with van der Waals surface area (Å²) in [6.45, 7) is 0. The Morgan fingerprint density at radius 2 is 1.57 bits per heavy atom. The van der Waals surface area contributed by atoms with Gasteiger partial charge in [-0.3, -0.25) is 9.36 Å². The number of hydrogen-bond donors (Lipinski definition) is 1. The number of carbonyl (C=O) groups excluding carboxylic acids is 1. The van der Waals surface area contributed by atoms with Gasteiger partial charge in [-0.05, 0) is 42.7 Å². The van der Waals surface area contributed by atoms with E-state index < -0.39 is 0 Å². The summed E-state index contributed by atoms with van der Waals surface area (Å²) in [7, 11) is 0. The van der Waals surface area contributed by atoms with E-state index in [0.717, 1.165) is 27.7 Å². The minimum Gasteiger partial charge on any atom is -0.325 e. The monoisotopic (exact) mass is 432 g/mol. The molecule has 4 rings (SSSR count). The van der Waals surface area contributed by atoms with Crippen molar-refractivity contribution in [3.05, 3.63) is 84.9 Å². The molecule has 0 aliphatic heterocycles. The van der Waals surface area contributed by atoms with E-state index in [0.29, 0.717) is 5.16 Å². The van der Waals surface area contributed by atoms with E-state index >= 15 is 0 Å². The Balaban J connectivity index is 1.54. The van der Waals surface area contributed by atoms with Crippen molar-refractivity contribution in [3.63, 3.8) is 0 Å². The van der Waals surface area contributed by atoms with E-state index in [1.807, 2.05) is 95.8 Å². The van der Waals surface area contributed by atoms with Crippen molar-refractivity contribution in [2.24, 2.45) is 0 Å². The number of hydrogen-bond acceptors (Lipinski definition) is 5. The van der Waals surface area contributed by atoms with E-state index in [2.05, 4.69) is 15.5 Å². The lowest BCUT2D eigenvalue weighted by atomic mass is 10.2. The molecule has 150 valence electrons. The van der Waals surface area contributed by atoms with Crippen LogP contribution in [0, 0.1) is 0 Å². The number of para-hydroxylation sites is 1. The number of nitrogens with one attached hydrogen (secondary N) is 1. The Morgan fingerprint density at radius 3 is 2.23 bits per heavy atom. The molecular weight excluding hydrogens is 412 g/mol. The number of amides is 1. The smallest absolute Gasteiger partial charge is 0.234 e. The number of benzene rings is 3. The van der Waals surface area contributed by atoms with Crippen LogP contribution < -0.4 is 5.32 Å². The third-order valence-electron chi connectivity index (χ3n) is 4.39. The standard InChI is InChI=1S/C23H20N4OS2/c1-29-20-14-12-18(13-15-20)24-21(28)16-30-23-26-25-22(17-8-4-2-5-9-17)27(23)19-10-6-3-7-11-19/h2-15H,16H2,1H3,(H,24,28). The maximum Gasteiger partial charge on any atom is 0.234 e. The van der Waals surface area contributed by atoms with Crippen LogP contribution in [0.5, 0.6) is 0 Å². The molecule has 4 aromatic rings. The summed E-state index contributed by atoms with van der Waals surface area (Å²) in [6.07, 6.45) is 2.02. The topological polar surface area (TPSA) is 59.8 Å². The van der Waals surface area contributed by atoms with Crippen LogP contribution >= 0.6 is 23.5 Å². The molecule has 0 spiro atoms. The number of thioether (sulfide) groups is 2. The first kappa shape index (κ1) is 20.3. The summed E-state index contributed by atoms with van der Waals surface area (Å²) in [4.78, 5) is 13.6. The van der Waals surface area contributed by atoms with Crippen molar-refractivity contribution < 1.29 is 4.79 Å². The molecule has 3 aromatic carbocycles. The number of rotatable bonds is 7. The maximum atomic E-state index is 12.5. The van der Waals surface area contributed by atoms with Crippen LogP contribution in [0.15, 0.2) is 95.0 Å². The van der Waals surface area contributed by atoms with Crippen molar-refractivity contribution in [1.82, 2.24) is 14.8 Å². The molecule has 0 unspecified atom stereocenters. The van der Waals surface area contributed by atoms with E-state index in [1.165, 1.54) is 11.8 Å². The number of aromatic nitrogens is 3. The predicted molar refractivity (Wildman–Crippen MR) is 124 cm³/mol. The lowest BCUT2D eigenvalue weighted by Gasteiger charge is -2.10. The third-order valence-corrected chi connectivity index (χ3v) is 6.06. The third kappa shape index (κ3) is 4.75. The summed E-state index contributed by atoms with van der Waals surface area (Å²) in [5.74, 6) is 0.905. The average molecular weight is 433 g/mol. The Kier molecular flexibility index (Phi) is 6.51. The first-order valence-electron chi connectivity index (χ1n) is 9.37. The highest BCUT2D eigenvalue weighted by Gasteiger charge is 2.17. The minimum absolute atomic E-state index is 0.0826. The quantitative estimate of drug-likeness (QED) is 0.397. The van der Waals surface area contributed by atoms with Gasteiger partial charge in [0.2, 0.25) is 5.91 Å². The molecule has 1 heterocycles. The molecule has 0 saturated carbocycles. The Bertz CT molecular complexity index is 1110. The van der Waals surface area contributed by atoms with Gasteiger partial charge in [0.05, 0.1) is 5.75 Å². The van der Waals surface area contributed by atoms with E-state index in [9.17, 15) is 4.79 Å². The van der Waals surface area contributed by atoms with Gasteiger partial charge in [0.15, 0.2) is 11.0 Å². The molecule has 5 nitrogen and oxygen atoms in total. The molecule has 1 amide bonds. The Morgan fingerprint density at radius 1 is 0.900 bits per heavy atom. The maximum absolute atomic E-state index is 12.5. The molecule has 30 heavy (non-hydrogen) atoms. The van der Waals surface area contributed by atoms with Crippen LogP contribution in [-0.2, 0) is 4.79 Å². The summed E-state index contributed by atoms with van der Waals surface area (Å²) >= 11 is 3.03. The van der Waals surface area contributed by atoms with Gasteiger partial charge < -0.3 is 5.32 Å². The number of nitrogens with zero attached hydrogens (tertiary/aromatic N) is 3. The number of anilines is 1. The minimum atomic E-state index is -0.0826. The Hall–Kier alpha value is -3.03. The molecule has 0 aliphatic rings. The molecule has 0 atom stereocenters. The molecule has 1 N–H and O–H groups in total. The zero-order valence-corrected chi connectivity index (χ0v) is 18.0. The summed E-state index contributed by atoms with van der Waals surface area (Å²) in [5.41, 5.74) is 2.71. The van der Waals surface area contributed by atoms with Crippen LogP contribution in [0.25, 0.3) is 17.1 Å².